The van der Waals surface area contributed by atoms with E-state index in [2.05, 4.69) is 26.1 Å². The van der Waals surface area contributed by atoms with Crippen LogP contribution in [0.25, 0.3) is 0 Å². The third kappa shape index (κ3) is 4.10. The molecule has 1 saturated heterocycles. The third-order valence-corrected chi connectivity index (χ3v) is 2.63. The first-order valence-electron chi connectivity index (χ1n) is 5.40. The Morgan fingerprint density at radius 2 is 2.08 bits per heavy atom. The van der Waals surface area contributed by atoms with Crippen LogP contribution < -0.4 is 5.32 Å². The lowest BCUT2D eigenvalue weighted by molar-refractivity contribution is 0.0730. The van der Waals surface area contributed by atoms with Gasteiger partial charge in [0.2, 0.25) is 0 Å². The quantitative estimate of drug-likeness (QED) is 0.689. The van der Waals surface area contributed by atoms with Gasteiger partial charge in [0.1, 0.15) is 0 Å². The van der Waals surface area contributed by atoms with Crippen LogP contribution in [-0.4, -0.2) is 23.8 Å². The highest BCUT2D eigenvalue weighted by Gasteiger charge is 2.25. The number of rotatable bonds is 2. The fraction of sp³-hybridized carbons (Fsp3) is 1.00. The average Bonchev–Trinajstić information content (AvgIpc) is 2.03. The zero-order valence-corrected chi connectivity index (χ0v) is 9.14. The smallest absolute Gasteiger partial charge is 0.0698 e. The predicted octanol–water partition coefficient (Wildman–Crippen LogP) is 1.93. The van der Waals surface area contributed by atoms with E-state index in [-0.39, 0.29) is 11.5 Å². The molecule has 0 aromatic rings. The van der Waals surface area contributed by atoms with E-state index in [9.17, 15) is 5.11 Å². The lowest BCUT2D eigenvalue weighted by Crippen LogP contribution is -2.44. The molecule has 1 aliphatic rings. The molecule has 2 heteroatoms. The van der Waals surface area contributed by atoms with E-state index in [1.165, 1.54) is 12.8 Å². The van der Waals surface area contributed by atoms with Gasteiger partial charge in [-0.1, -0.05) is 27.2 Å². The second-order valence-corrected chi connectivity index (χ2v) is 5.39. The van der Waals surface area contributed by atoms with E-state index in [1.807, 2.05) is 0 Å². The third-order valence-electron chi connectivity index (χ3n) is 2.63. The van der Waals surface area contributed by atoms with Gasteiger partial charge >= 0.3 is 0 Å². The largest absolute Gasteiger partial charge is 0.391 e. The monoisotopic (exact) mass is 185 g/mol. The molecule has 2 unspecified atom stereocenters. The molecular formula is C11H23NO. The highest BCUT2D eigenvalue weighted by Crippen LogP contribution is 2.24. The van der Waals surface area contributed by atoms with Gasteiger partial charge in [0, 0.05) is 6.04 Å². The summed E-state index contributed by atoms with van der Waals surface area (Å²) in [4.78, 5) is 0. The molecule has 0 aromatic heterocycles. The van der Waals surface area contributed by atoms with Crippen molar-refractivity contribution in [3.63, 3.8) is 0 Å². The molecular weight excluding hydrogens is 162 g/mol. The molecule has 1 aliphatic heterocycles. The Morgan fingerprint density at radius 1 is 1.38 bits per heavy atom. The summed E-state index contributed by atoms with van der Waals surface area (Å²) in [7, 11) is 0. The first kappa shape index (κ1) is 11.0. The van der Waals surface area contributed by atoms with Crippen LogP contribution in [0.2, 0.25) is 0 Å². The normalized spacial score (nSPS) is 27.2. The summed E-state index contributed by atoms with van der Waals surface area (Å²) in [6, 6.07) is 0.341. The Hall–Kier alpha value is -0.0800. The van der Waals surface area contributed by atoms with Crippen molar-refractivity contribution in [1.29, 1.82) is 0 Å². The van der Waals surface area contributed by atoms with Crippen molar-refractivity contribution >= 4 is 0 Å². The van der Waals surface area contributed by atoms with E-state index in [4.69, 9.17) is 0 Å². The van der Waals surface area contributed by atoms with Crippen LogP contribution in [0.3, 0.4) is 0 Å². The molecule has 0 aliphatic carbocycles. The maximum absolute atomic E-state index is 9.95. The van der Waals surface area contributed by atoms with Crippen LogP contribution in [0.5, 0.6) is 0 Å². The lowest BCUT2D eigenvalue weighted by Gasteiger charge is -2.31. The van der Waals surface area contributed by atoms with Gasteiger partial charge in [-0.2, -0.15) is 0 Å². The van der Waals surface area contributed by atoms with Crippen molar-refractivity contribution in [1.82, 2.24) is 5.32 Å². The molecule has 13 heavy (non-hydrogen) atoms. The number of hydrogen-bond donors (Lipinski definition) is 2. The molecule has 78 valence electrons. The van der Waals surface area contributed by atoms with Crippen molar-refractivity contribution in [3.8, 4) is 0 Å². The second kappa shape index (κ2) is 4.43. The Bertz CT molecular complexity index is 145. The van der Waals surface area contributed by atoms with Crippen molar-refractivity contribution < 1.29 is 5.11 Å². The first-order valence-corrected chi connectivity index (χ1v) is 5.40. The van der Waals surface area contributed by atoms with Crippen LogP contribution in [-0.2, 0) is 0 Å². The number of nitrogens with one attached hydrogen (secondary N) is 1. The lowest BCUT2D eigenvalue weighted by atomic mass is 9.85. The van der Waals surface area contributed by atoms with Crippen LogP contribution in [0.15, 0.2) is 0 Å². The SMILES string of the molecule is CC(C)(C)CC(O)C1CCCCN1. The molecule has 0 bridgehead atoms. The van der Waals surface area contributed by atoms with Crippen LogP contribution >= 0.6 is 0 Å². The van der Waals surface area contributed by atoms with Crippen molar-refractivity contribution in [2.45, 2.75) is 58.6 Å². The van der Waals surface area contributed by atoms with Crippen LogP contribution in [0, 0.1) is 5.41 Å². The maximum atomic E-state index is 9.95. The molecule has 2 atom stereocenters. The van der Waals surface area contributed by atoms with E-state index in [1.54, 1.807) is 0 Å². The van der Waals surface area contributed by atoms with Gasteiger partial charge < -0.3 is 10.4 Å². The molecule has 2 nitrogen and oxygen atoms in total. The molecule has 0 aromatic carbocycles. The van der Waals surface area contributed by atoms with Gasteiger partial charge in [-0.3, -0.25) is 0 Å². The topological polar surface area (TPSA) is 32.3 Å². The Labute approximate surface area is 81.7 Å². The fourth-order valence-electron chi connectivity index (χ4n) is 1.98. The summed E-state index contributed by atoms with van der Waals surface area (Å²) in [5.74, 6) is 0. The number of aliphatic hydroxyl groups is 1. The summed E-state index contributed by atoms with van der Waals surface area (Å²) in [5.41, 5.74) is 0.235. The van der Waals surface area contributed by atoms with E-state index in [0.29, 0.717) is 6.04 Å². The van der Waals surface area contributed by atoms with E-state index < -0.39 is 0 Å². The summed E-state index contributed by atoms with van der Waals surface area (Å²) in [6.45, 7) is 7.61. The summed E-state index contributed by atoms with van der Waals surface area (Å²) in [5, 5.41) is 13.3. The molecule has 0 spiro atoms. The van der Waals surface area contributed by atoms with Gasteiger partial charge in [-0.25, -0.2) is 0 Å². The zero-order valence-electron chi connectivity index (χ0n) is 9.14. The molecule has 1 fully saturated rings. The summed E-state index contributed by atoms with van der Waals surface area (Å²) in [6.07, 6.45) is 4.39. The predicted molar refractivity (Wildman–Crippen MR) is 55.7 cm³/mol. The summed E-state index contributed by atoms with van der Waals surface area (Å²) < 4.78 is 0. The van der Waals surface area contributed by atoms with Crippen molar-refractivity contribution in [2.24, 2.45) is 5.41 Å². The zero-order chi connectivity index (χ0) is 9.90. The van der Waals surface area contributed by atoms with Gasteiger partial charge in [0.05, 0.1) is 6.10 Å². The molecule has 2 N–H and O–H groups in total. The van der Waals surface area contributed by atoms with Crippen LogP contribution in [0.1, 0.15) is 46.5 Å². The second-order valence-electron chi connectivity index (χ2n) is 5.39. The van der Waals surface area contributed by atoms with Crippen molar-refractivity contribution in [3.05, 3.63) is 0 Å². The fourth-order valence-corrected chi connectivity index (χ4v) is 1.98. The van der Waals surface area contributed by atoms with Gasteiger partial charge in [0.25, 0.3) is 0 Å². The number of hydrogen-bond acceptors (Lipinski definition) is 2. The Morgan fingerprint density at radius 3 is 2.54 bits per heavy atom. The maximum Gasteiger partial charge on any atom is 0.0698 e. The van der Waals surface area contributed by atoms with E-state index in [0.717, 1.165) is 19.4 Å². The van der Waals surface area contributed by atoms with Gasteiger partial charge in [0.15, 0.2) is 0 Å². The minimum atomic E-state index is -0.166. The Balaban J connectivity index is 2.33. The standard InChI is InChI=1S/C11H23NO/c1-11(2,3)8-10(13)9-6-4-5-7-12-9/h9-10,12-13H,4-8H2,1-3H3. The highest BCUT2D eigenvalue weighted by molar-refractivity contribution is 4.82. The number of piperidine rings is 1. The minimum absolute atomic E-state index is 0.166. The average molecular weight is 185 g/mol. The van der Waals surface area contributed by atoms with Gasteiger partial charge in [-0.15, -0.1) is 0 Å². The first-order chi connectivity index (χ1) is 5.99. The molecule has 0 radical (unpaired) electrons. The van der Waals surface area contributed by atoms with Gasteiger partial charge in [-0.05, 0) is 31.2 Å². The molecule has 0 saturated carbocycles. The Kier molecular flexibility index (Phi) is 3.74. The van der Waals surface area contributed by atoms with E-state index >= 15 is 0 Å². The van der Waals surface area contributed by atoms with Crippen molar-refractivity contribution in [2.75, 3.05) is 6.54 Å². The summed E-state index contributed by atoms with van der Waals surface area (Å²) >= 11 is 0. The minimum Gasteiger partial charge on any atom is -0.391 e. The highest BCUT2D eigenvalue weighted by atomic mass is 16.3. The molecule has 0 amide bonds. The van der Waals surface area contributed by atoms with Crippen LogP contribution in [0.4, 0.5) is 0 Å². The molecule has 1 heterocycles. The number of aliphatic hydroxyl groups excluding tert-OH is 1. The molecule has 1 rings (SSSR count).